The van der Waals surface area contributed by atoms with Gasteiger partial charge in [-0.05, 0) is 36.1 Å². The van der Waals surface area contributed by atoms with Crippen molar-refractivity contribution in [3.05, 3.63) is 33.9 Å². The number of hydrogen-bond donors (Lipinski definition) is 3. The third-order valence-electron chi connectivity index (χ3n) is 2.77. The van der Waals surface area contributed by atoms with Gasteiger partial charge in [-0.3, -0.25) is 0 Å². The number of aliphatic hydroxyl groups is 1. The van der Waals surface area contributed by atoms with E-state index in [2.05, 4.69) is 0 Å². The van der Waals surface area contributed by atoms with Gasteiger partial charge in [-0.25, -0.2) is 9.59 Å². The molecule has 18 heavy (non-hydrogen) atoms. The minimum Gasteiger partial charge on any atom is -1.00 e. The molecule has 1 aromatic carbocycles. The molecule has 0 saturated heterocycles. The Morgan fingerprint density at radius 1 is 1.28 bits per heavy atom. The molecule has 94 valence electrons. The number of carboxylic acids is 2. The molecule has 0 fully saturated rings. The molecular weight excluding hydrogens is 247 g/mol. The molecule has 0 radical (unpaired) electrons. The Morgan fingerprint density at radius 3 is 2.17 bits per heavy atom. The SMILES string of the molecule is CCc1c(CO)cc(C(=O)O)c(C(=O)O)c1C.[H-].[Na+]. The molecule has 1 rings (SSSR count). The molecule has 0 aliphatic rings. The fourth-order valence-corrected chi connectivity index (χ4v) is 2.00. The van der Waals surface area contributed by atoms with Crippen molar-refractivity contribution < 1.29 is 55.9 Å². The molecule has 0 heterocycles. The summed E-state index contributed by atoms with van der Waals surface area (Å²) >= 11 is 0. The van der Waals surface area contributed by atoms with Gasteiger partial charge in [-0.1, -0.05) is 6.92 Å². The van der Waals surface area contributed by atoms with Crippen LogP contribution >= 0.6 is 0 Å². The summed E-state index contributed by atoms with van der Waals surface area (Å²) in [6, 6.07) is 1.23. The van der Waals surface area contributed by atoms with Crippen LogP contribution in [0, 0.1) is 6.92 Å². The summed E-state index contributed by atoms with van der Waals surface area (Å²) in [5.41, 5.74) is 1.08. The largest absolute Gasteiger partial charge is 1.00 e. The molecule has 0 spiro atoms. The topological polar surface area (TPSA) is 94.8 Å². The van der Waals surface area contributed by atoms with Crippen molar-refractivity contribution in [3.63, 3.8) is 0 Å². The maximum Gasteiger partial charge on any atom is 1.00 e. The quantitative estimate of drug-likeness (QED) is 0.578. The van der Waals surface area contributed by atoms with Crippen LogP contribution in [-0.2, 0) is 13.0 Å². The van der Waals surface area contributed by atoms with Gasteiger partial charge in [0.15, 0.2) is 0 Å². The van der Waals surface area contributed by atoms with Crippen LogP contribution < -0.4 is 29.6 Å². The van der Waals surface area contributed by atoms with E-state index in [1.54, 1.807) is 6.92 Å². The fourth-order valence-electron chi connectivity index (χ4n) is 2.00. The Labute approximate surface area is 128 Å². The van der Waals surface area contributed by atoms with Gasteiger partial charge in [0.25, 0.3) is 0 Å². The molecule has 5 nitrogen and oxygen atoms in total. The summed E-state index contributed by atoms with van der Waals surface area (Å²) in [7, 11) is 0. The zero-order valence-corrected chi connectivity index (χ0v) is 12.6. The average molecular weight is 262 g/mol. The first-order chi connectivity index (χ1) is 7.93. The summed E-state index contributed by atoms with van der Waals surface area (Å²) in [5, 5.41) is 27.2. The Kier molecular flexibility index (Phi) is 6.56. The van der Waals surface area contributed by atoms with Crippen molar-refractivity contribution in [3.8, 4) is 0 Å². The van der Waals surface area contributed by atoms with E-state index in [0.717, 1.165) is 0 Å². The van der Waals surface area contributed by atoms with Gasteiger partial charge in [0.2, 0.25) is 0 Å². The van der Waals surface area contributed by atoms with Gasteiger partial charge in [-0.2, -0.15) is 0 Å². The zero-order valence-electron chi connectivity index (χ0n) is 11.6. The molecule has 0 saturated carbocycles. The van der Waals surface area contributed by atoms with Crippen molar-refractivity contribution in [1.29, 1.82) is 0 Å². The van der Waals surface area contributed by atoms with Crippen molar-refractivity contribution in [2.24, 2.45) is 0 Å². The predicted molar refractivity (Wildman–Crippen MR) is 61.5 cm³/mol. The fraction of sp³-hybridized carbons (Fsp3) is 0.333. The molecule has 6 heteroatoms. The molecule has 3 N–H and O–H groups in total. The van der Waals surface area contributed by atoms with Gasteiger partial charge in [0, 0.05) is 0 Å². The first kappa shape index (κ1) is 17.1. The number of hydrogen-bond acceptors (Lipinski definition) is 3. The summed E-state index contributed by atoms with van der Waals surface area (Å²) in [5.74, 6) is -2.57. The molecule has 0 amide bonds. The first-order valence-corrected chi connectivity index (χ1v) is 5.16. The van der Waals surface area contributed by atoms with Crippen LogP contribution in [-0.4, -0.2) is 27.3 Å². The van der Waals surface area contributed by atoms with E-state index in [-0.39, 0.29) is 48.7 Å². The first-order valence-electron chi connectivity index (χ1n) is 5.16. The maximum atomic E-state index is 11.1. The van der Waals surface area contributed by atoms with E-state index >= 15 is 0 Å². The summed E-state index contributed by atoms with van der Waals surface area (Å²) in [6.45, 7) is 3.09. The van der Waals surface area contributed by atoms with Crippen LogP contribution in [0.2, 0.25) is 0 Å². The third kappa shape index (κ3) is 3.11. The minimum atomic E-state index is -1.30. The number of rotatable bonds is 4. The van der Waals surface area contributed by atoms with Crippen LogP contribution in [0.25, 0.3) is 0 Å². The second-order valence-corrected chi connectivity index (χ2v) is 3.68. The molecule has 0 bridgehead atoms. The monoisotopic (exact) mass is 262 g/mol. The smallest absolute Gasteiger partial charge is 1.00 e. The summed E-state index contributed by atoms with van der Waals surface area (Å²) < 4.78 is 0. The molecular formula is C12H15NaO5. The normalized spacial score (nSPS) is 9.72. The van der Waals surface area contributed by atoms with E-state index in [1.165, 1.54) is 6.07 Å². The average Bonchev–Trinajstić information content (AvgIpc) is 2.26. The standard InChI is InChI=1S/C12H14O5.Na.H/c1-3-8-6(2)10(12(16)17)9(11(14)15)4-7(8)5-13;;/h4,13H,3,5H2,1-2H3,(H,14,15)(H,16,17);;/q;+1;-1. The van der Waals surface area contributed by atoms with Crippen LogP contribution in [0.3, 0.4) is 0 Å². The molecule has 0 unspecified atom stereocenters. The molecule has 0 aliphatic heterocycles. The maximum absolute atomic E-state index is 11.1. The van der Waals surface area contributed by atoms with Gasteiger partial charge in [0.05, 0.1) is 17.7 Å². The number of carbonyl (C=O) groups is 2. The van der Waals surface area contributed by atoms with Crippen LogP contribution in [0.5, 0.6) is 0 Å². The molecule has 0 aliphatic carbocycles. The second kappa shape index (κ2) is 6.89. The number of benzene rings is 1. The second-order valence-electron chi connectivity index (χ2n) is 3.68. The number of aromatic carboxylic acids is 2. The Balaban J connectivity index is 0. The van der Waals surface area contributed by atoms with Gasteiger partial charge in [0.1, 0.15) is 0 Å². The van der Waals surface area contributed by atoms with E-state index in [4.69, 9.17) is 15.3 Å². The number of carboxylic acid groups (broad SMARTS) is 2. The van der Waals surface area contributed by atoms with Crippen molar-refractivity contribution >= 4 is 11.9 Å². The Hall–Kier alpha value is -0.880. The van der Waals surface area contributed by atoms with E-state index in [9.17, 15) is 9.59 Å². The predicted octanol–water partition coefficient (Wildman–Crippen LogP) is -1.44. The van der Waals surface area contributed by atoms with Gasteiger partial charge in [-0.15, -0.1) is 0 Å². The van der Waals surface area contributed by atoms with Crippen molar-refractivity contribution in [2.75, 3.05) is 0 Å². The third-order valence-corrected chi connectivity index (χ3v) is 2.77. The Morgan fingerprint density at radius 2 is 1.83 bits per heavy atom. The zero-order chi connectivity index (χ0) is 13.2. The van der Waals surface area contributed by atoms with Gasteiger partial charge >= 0.3 is 41.5 Å². The van der Waals surface area contributed by atoms with Crippen LogP contribution in [0.4, 0.5) is 0 Å². The van der Waals surface area contributed by atoms with Crippen LogP contribution in [0.15, 0.2) is 6.07 Å². The van der Waals surface area contributed by atoms with E-state index < -0.39 is 11.9 Å². The van der Waals surface area contributed by atoms with Crippen LogP contribution in [0.1, 0.15) is 45.8 Å². The molecule has 0 atom stereocenters. The van der Waals surface area contributed by atoms with Gasteiger partial charge < -0.3 is 16.7 Å². The minimum absolute atomic E-state index is 0. The molecule has 1 aromatic rings. The summed E-state index contributed by atoms with van der Waals surface area (Å²) in [4.78, 5) is 22.1. The summed E-state index contributed by atoms with van der Waals surface area (Å²) in [6.07, 6.45) is 0.544. The van der Waals surface area contributed by atoms with E-state index in [1.807, 2.05) is 6.92 Å². The van der Waals surface area contributed by atoms with Crippen molar-refractivity contribution in [2.45, 2.75) is 26.9 Å². The van der Waals surface area contributed by atoms with Crippen molar-refractivity contribution in [1.82, 2.24) is 0 Å². The number of aliphatic hydroxyl groups excluding tert-OH is 1. The Bertz CT molecular complexity index is 487. The molecule has 0 aromatic heterocycles. The van der Waals surface area contributed by atoms with E-state index in [0.29, 0.717) is 23.1 Å².